The molecule has 0 atom stereocenters. The molecule has 21 heavy (non-hydrogen) atoms. The summed E-state index contributed by atoms with van der Waals surface area (Å²) in [6.07, 6.45) is 0.560. The number of rotatable bonds is 5. The fourth-order valence-corrected chi connectivity index (χ4v) is 2.01. The fraction of sp³-hybridized carbons (Fsp3) is 0.188. The zero-order valence-corrected chi connectivity index (χ0v) is 12.2. The van der Waals surface area contributed by atoms with Crippen LogP contribution in [0.15, 0.2) is 36.4 Å². The van der Waals surface area contributed by atoms with Gasteiger partial charge in [-0.15, -0.1) is 0 Å². The average molecular weight is 307 g/mol. The van der Waals surface area contributed by atoms with E-state index in [4.69, 9.17) is 16.3 Å². The molecular formula is C16H15ClO4. The number of carbonyl (C=O) groups excluding carboxylic acids is 1. The predicted octanol–water partition coefficient (Wildman–Crippen LogP) is 3.58. The van der Waals surface area contributed by atoms with Crippen molar-refractivity contribution in [3.63, 3.8) is 0 Å². The van der Waals surface area contributed by atoms with E-state index < -0.39 is 0 Å². The van der Waals surface area contributed by atoms with Crippen molar-refractivity contribution in [3.05, 3.63) is 52.5 Å². The molecule has 5 heteroatoms. The lowest BCUT2D eigenvalue weighted by Gasteiger charge is -2.09. The Bertz CT molecular complexity index is 650. The lowest BCUT2D eigenvalue weighted by Crippen LogP contribution is -2.12. The lowest BCUT2D eigenvalue weighted by atomic mass is 10.0. The largest absolute Gasteiger partial charge is 0.508 e. The highest BCUT2D eigenvalue weighted by Gasteiger charge is 2.15. The monoisotopic (exact) mass is 306 g/mol. The SMILES string of the molecule is CCc1cc(C(=O)COc2ccc(Cl)cc2)c(O)cc1O. The molecule has 0 unspecified atom stereocenters. The smallest absolute Gasteiger partial charge is 0.203 e. The summed E-state index contributed by atoms with van der Waals surface area (Å²) in [6, 6.07) is 9.29. The van der Waals surface area contributed by atoms with Crippen LogP contribution in [0.3, 0.4) is 0 Å². The summed E-state index contributed by atoms with van der Waals surface area (Å²) < 4.78 is 5.35. The number of aryl methyl sites for hydroxylation is 1. The normalized spacial score (nSPS) is 10.4. The second kappa shape index (κ2) is 6.50. The summed E-state index contributed by atoms with van der Waals surface area (Å²) in [5.74, 6) is -0.126. The minimum atomic E-state index is -0.364. The van der Waals surface area contributed by atoms with Crippen LogP contribution in [0.25, 0.3) is 0 Å². The highest BCUT2D eigenvalue weighted by Crippen LogP contribution is 2.28. The zero-order chi connectivity index (χ0) is 15.4. The van der Waals surface area contributed by atoms with Gasteiger partial charge in [0.15, 0.2) is 6.61 Å². The van der Waals surface area contributed by atoms with E-state index in [1.807, 2.05) is 6.92 Å². The summed E-state index contributed by atoms with van der Waals surface area (Å²) in [7, 11) is 0. The molecule has 2 N–H and O–H groups in total. The number of halogens is 1. The number of ketones is 1. The Morgan fingerprint density at radius 1 is 1.14 bits per heavy atom. The molecule has 0 heterocycles. The van der Waals surface area contributed by atoms with Crippen molar-refractivity contribution >= 4 is 17.4 Å². The summed E-state index contributed by atoms with van der Waals surface area (Å²) >= 11 is 5.76. The fourth-order valence-electron chi connectivity index (χ4n) is 1.89. The van der Waals surface area contributed by atoms with Gasteiger partial charge in [0.05, 0.1) is 5.56 Å². The van der Waals surface area contributed by atoms with E-state index in [-0.39, 0.29) is 29.5 Å². The molecule has 0 radical (unpaired) electrons. The molecule has 110 valence electrons. The molecule has 0 aromatic heterocycles. The molecular weight excluding hydrogens is 292 g/mol. The van der Waals surface area contributed by atoms with Crippen LogP contribution in [0.5, 0.6) is 17.2 Å². The Balaban J connectivity index is 2.11. The molecule has 2 aromatic rings. The first-order valence-electron chi connectivity index (χ1n) is 6.47. The van der Waals surface area contributed by atoms with Gasteiger partial charge in [0.1, 0.15) is 17.2 Å². The topological polar surface area (TPSA) is 66.8 Å². The number of carbonyl (C=O) groups is 1. The quantitative estimate of drug-likeness (QED) is 0.829. The molecule has 2 aromatic carbocycles. The second-order valence-corrected chi connectivity index (χ2v) is 4.95. The predicted molar refractivity (Wildman–Crippen MR) is 80.4 cm³/mol. The minimum Gasteiger partial charge on any atom is -0.508 e. The van der Waals surface area contributed by atoms with Gasteiger partial charge < -0.3 is 14.9 Å². The average Bonchev–Trinajstić information content (AvgIpc) is 2.46. The van der Waals surface area contributed by atoms with Crippen LogP contribution in [0.4, 0.5) is 0 Å². The van der Waals surface area contributed by atoms with Gasteiger partial charge in [-0.05, 0) is 42.3 Å². The third-order valence-electron chi connectivity index (χ3n) is 3.06. The van der Waals surface area contributed by atoms with Crippen molar-refractivity contribution < 1.29 is 19.7 Å². The van der Waals surface area contributed by atoms with Crippen molar-refractivity contribution in [2.75, 3.05) is 6.61 Å². The van der Waals surface area contributed by atoms with Crippen LogP contribution in [-0.4, -0.2) is 22.6 Å². The van der Waals surface area contributed by atoms with Gasteiger partial charge in [0.25, 0.3) is 0 Å². The third-order valence-corrected chi connectivity index (χ3v) is 3.31. The Hall–Kier alpha value is -2.20. The van der Waals surface area contributed by atoms with Crippen molar-refractivity contribution in [2.24, 2.45) is 0 Å². The molecule has 4 nitrogen and oxygen atoms in total. The maximum atomic E-state index is 12.1. The maximum Gasteiger partial charge on any atom is 0.203 e. The number of ether oxygens (including phenoxy) is 1. The number of hydrogen-bond donors (Lipinski definition) is 2. The molecule has 0 aliphatic heterocycles. The number of phenols is 2. The number of hydrogen-bond acceptors (Lipinski definition) is 4. The van der Waals surface area contributed by atoms with Crippen molar-refractivity contribution in [1.29, 1.82) is 0 Å². The first kappa shape index (κ1) is 15.2. The van der Waals surface area contributed by atoms with Crippen molar-refractivity contribution in [1.82, 2.24) is 0 Å². The lowest BCUT2D eigenvalue weighted by molar-refractivity contribution is 0.0918. The molecule has 0 spiro atoms. The van der Waals surface area contributed by atoms with Crippen LogP contribution in [0, 0.1) is 0 Å². The molecule has 0 bridgehead atoms. The third kappa shape index (κ3) is 3.67. The van der Waals surface area contributed by atoms with Gasteiger partial charge in [-0.2, -0.15) is 0 Å². The van der Waals surface area contributed by atoms with E-state index in [2.05, 4.69) is 0 Å². The molecule has 2 rings (SSSR count). The summed E-state index contributed by atoms with van der Waals surface area (Å²) in [5.41, 5.74) is 0.737. The Labute approximate surface area is 127 Å². The highest BCUT2D eigenvalue weighted by atomic mass is 35.5. The van der Waals surface area contributed by atoms with Crippen molar-refractivity contribution in [3.8, 4) is 17.2 Å². The van der Waals surface area contributed by atoms with Gasteiger partial charge in [-0.25, -0.2) is 0 Å². The number of benzene rings is 2. The van der Waals surface area contributed by atoms with Gasteiger partial charge in [0, 0.05) is 11.1 Å². The number of aromatic hydroxyl groups is 2. The Kier molecular flexibility index (Phi) is 4.70. The van der Waals surface area contributed by atoms with E-state index in [0.29, 0.717) is 22.8 Å². The number of Topliss-reactive ketones (excluding diaryl/α,β-unsaturated/α-hetero) is 1. The van der Waals surface area contributed by atoms with Crippen LogP contribution in [0.2, 0.25) is 5.02 Å². The molecule has 0 fully saturated rings. The van der Waals surface area contributed by atoms with Gasteiger partial charge in [-0.3, -0.25) is 4.79 Å². The molecule has 0 aliphatic carbocycles. The number of phenolic OH excluding ortho intramolecular Hbond substituents is 2. The molecule has 0 aliphatic rings. The minimum absolute atomic E-state index is 0.0230. The van der Waals surface area contributed by atoms with Gasteiger partial charge in [0.2, 0.25) is 5.78 Å². The van der Waals surface area contributed by atoms with Gasteiger partial charge in [-0.1, -0.05) is 18.5 Å². The Morgan fingerprint density at radius 3 is 2.43 bits per heavy atom. The van der Waals surface area contributed by atoms with E-state index >= 15 is 0 Å². The van der Waals surface area contributed by atoms with Gasteiger partial charge >= 0.3 is 0 Å². The summed E-state index contributed by atoms with van der Waals surface area (Å²) in [6.45, 7) is 1.65. The Morgan fingerprint density at radius 2 is 1.81 bits per heavy atom. The van der Waals surface area contributed by atoms with E-state index in [0.717, 1.165) is 0 Å². The maximum absolute atomic E-state index is 12.1. The van der Waals surface area contributed by atoms with Crippen molar-refractivity contribution in [2.45, 2.75) is 13.3 Å². The molecule has 0 saturated carbocycles. The van der Waals surface area contributed by atoms with Crippen LogP contribution in [0.1, 0.15) is 22.8 Å². The van der Waals surface area contributed by atoms with E-state index in [1.165, 1.54) is 12.1 Å². The van der Waals surface area contributed by atoms with E-state index in [9.17, 15) is 15.0 Å². The molecule has 0 amide bonds. The van der Waals surface area contributed by atoms with E-state index in [1.54, 1.807) is 24.3 Å². The van der Waals surface area contributed by atoms with Crippen LogP contribution >= 0.6 is 11.6 Å². The standard InChI is InChI=1S/C16H15ClO4/c1-2-10-7-13(15(19)8-14(10)18)16(20)9-21-12-5-3-11(17)4-6-12/h3-8,18-19H,2,9H2,1H3. The first-order chi connectivity index (χ1) is 10.0. The molecule has 0 saturated heterocycles. The first-order valence-corrected chi connectivity index (χ1v) is 6.85. The van der Waals surface area contributed by atoms with Crippen LogP contribution in [-0.2, 0) is 6.42 Å². The highest BCUT2D eigenvalue weighted by molar-refractivity contribution is 6.30. The summed E-state index contributed by atoms with van der Waals surface area (Å²) in [5, 5.41) is 20.0. The second-order valence-electron chi connectivity index (χ2n) is 4.52. The van der Waals surface area contributed by atoms with Crippen LogP contribution < -0.4 is 4.74 Å². The zero-order valence-electron chi connectivity index (χ0n) is 11.5. The summed E-state index contributed by atoms with van der Waals surface area (Å²) in [4.78, 5) is 12.1.